The molecule has 4 aliphatic rings. The third-order valence-corrected chi connectivity index (χ3v) is 18.6. The zero-order valence-corrected chi connectivity index (χ0v) is 48.6. The van der Waals surface area contributed by atoms with Crippen LogP contribution >= 0.6 is 34.8 Å². The molecule has 4 aliphatic heterocycles. The Labute approximate surface area is 480 Å². The summed E-state index contributed by atoms with van der Waals surface area (Å²) in [6.45, 7) is 9.62. The average Bonchev–Trinajstić information content (AvgIpc) is 4.21. The number of rotatable bonds is 25. The Kier molecular flexibility index (Phi) is 21.7. The third-order valence-electron chi connectivity index (χ3n) is 14.8. The molecule has 4 amide bonds. The van der Waals surface area contributed by atoms with Gasteiger partial charge in [0.2, 0.25) is 20.0 Å². The molecular formula is C55H72Cl3N11O8S2. The monoisotopic (exact) mass is 1180 g/mol. The van der Waals surface area contributed by atoms with E-state index in [4.69, 9.17) is 44.3 Å². The first-order valence-electron chi connectivity index (χ1n) is 26.9. The second-order valence-corrected chi connectivity index (χ2v) is 25.6. The van der Waals surface area contributed by atoms with Crippen molar-refractivity contribution in [2.45, 2.75) is 72.5 Å². The Hall–Kier alpha value is -4.64. The summed E-state index contributed by atoms with van der Waals surface area (Å²) in [5.41, 5.74) is 6.15. The smallest absolute Gasteiger partial charge is 0.314 e. The Balaban J connectivity index is 0.613. The van der Waals surface area contributed by atoms with Gasteiger partial charge < -0.3 is 40.5 Å². The number of hydrogen-bond acceptors (Lipinski definition) is 13. The van der Waals surface area contributed by atoms with E-state index in [1.807, 2.05) is 38.4 Å². The molecule has 19 nitrogen and oxygen atoms in total. The van der Waals surface area contributed by atoms with Gasteiger partial charge >= 0.3 is 12.1 Å². The number of amides is 4. The number of unbranched alkanes of at least 4 members (excludes halogenated alkanes) is 1. The van der Waals surface area contributed by atoms with E-state index >= 15 is 0 Å². The average molecular weight is 1190 g/mol. The van der Waals surface area contributed by atoms with Gasteiger partial charge in [0.15, 0.2) is 0 Å². The number of nitrogens with zero attached hydrogens (tertiary/aromatic N) is 5. The fraction of sp³-hybridized carbons (Fsp3) is 0.509. The minimum Gasteiger partial charge on any atom is -0.378 e. The summed E-state index contributed by atoms with van der Waals surface area (Å²) in [6, 6.07) is 22.5. The second-order valence-electron chi connectivity index (χ2n) is 20.8. The fourth-order valence-corrected chi connectivity index (χ4v) is 14.3. The molecular weight excluding hydrogens is 1110 g/mol. The number of carbonyl (C=O) groups excluding carboxylic acids is 2. The van der Waals surface area contributed by atoms with Gasteiger partial charge in [-0.25, -0.2) is 35.9 Å². The number of nitrogens with one attached hydrogen (secondary N) is 6. The van der Waals surface area contributed by atoms with Gasteiger partial charge in [-0.05, 0) is 135 Å². The quantitative estimate of drug-likeness (QED) is 0.0452. The van der Waals surface area contributed by atoms with Crippen LogP contribution in [-0.4, -0.2) is 180 Å². The van der Waals surface area contributed by atoms with Crippen molar-refractivity contribution in [3.63, 3.8) is 0 Å². The summed E-state index contributed by atoms with van der Waals surface area (Å²) in [4.78, 5) is 33.6. The molecule has 4 heterocycles. The number of hydrogen-bond donors (Lipinski definition) is 6. The molecule has 79 heavy (non-hydrogen) atoms. The van der Waals surface area contributed by atoms with E-state index in [-0.39, 0.29) is 45.8 Å². The predicted molar refractivity (Wildman–Crippen MR) is 306 cm³/mol. The lowest BCUT2D eigenvalue weighted by Crippen LogP contribution is -2.39. The maximum Gasteiger partial charge on any atom is 0.314 e. The first kappa shape index (κ1) is 60.5. The van der Waals surface area contributed by atoms with Crippen LogP contribution in [0.25, 0.3) is 0 Å². The molecule has 4 aromatic carbocycles. The SMILES string of the molecule is CN1Cc2c(Cl)cc(Cl)cc2C(c2cccc(S(=O)(=O)N[C@H]3CCN(CCOCCNC(=O)NCCCCNC(=O)NCCOCCN4CC[C@H](NS(=O)(=O)c5cccc(C6CN(C)Cc7c(C#N)cc(Cl)cc76)c5)C4)C3)c2)C1. The molecule has 4 aromatic rings. The summed E-state index contributed by atoms with van der Waals surface area (Å²) in [5.74, 6) is -0.219. The number of urea groups is 2. The second kappa shape index (κ2) is 28.4. The highest BCUT2D eigenvalue weighted by molar-refractivity contribution is 7.89. The molecule has 2 saturated heterocycles. The molecule has 2 unspecified atom stereocenters. The molecule has 0 aromatic heterocycles. The Morgan fingerprint density at radius 3 is 1.56 bits per heavy atom. The molecule has 0 spiro atoms. The van der Waals surface area contributed by atoms with Crippen LogP contribution in [0.2, 0.25) is 15.1 Å². The number of fused-ring (bicyclic) bond motifs is 2. The Morgan fingerprint density at radius 1 is 0.608 bits per heavy atom. The molecule has 0 radical (unpaired) electrons. The van der Waals surface area contributed by atoms with Gasteiger partial charge in [0.25, 0.3) is 0 Å². The number of carbonyl (C=O) groups is 2. The summed E-state index contributed by atoms with van der Waals surface area (Å²) in [5, 5.41) is 22.6. The molecule has 0 saturated carbocycles. The van der Waals surface area contributed by atoms with Crippen LogP contribution in [0.15, 0.2) is 82.6 Å². The van der Waals surface area contributed by atoms with Crippen LogP contribution in [0.1, 0.15) is 76.5 Å². The molecule has 0 aliphatic carbocycles. The van der Waals surface area contributed by atoms with Gasteiger partial charge in [-0.3, -0.25) is 9.80 Å². The summed E-state index contributed by atoms with van der Waals surface area (Å²) in [6.07, 6.45) is 2.69. The lowest BCUT2D eigenvalue weighted by molar-refractivity contribution is 0.113. The van der Waals surface area contributed by atoms with Gasteiger partial charge in [0, 0.05) is 118 Å². The standard InChI is InChI=1S/C55H72Cl3N11O8S2/c1-66-34-49(47-28-41(56)25-40(31-59)51(47)36-66)38-7-5-9-45(26-38)78(72,73)64-43-11-17-68(32-43)19-23-76-21-15-62-54(70)60-13-3-4-14-61-55(71)63-16-22-77-24-20-69-18-12-44(33-69)65-79(74,75)46-10-6-8-39(27-46)50-35-67(2)37-52-48(50)29-42(57)30-53(52)58/h5-10,25-30,43-44,49-50,64-65H,3-4,11-24,32-37H2,1-2H3,(H2,60,62,70)(H2,61,63,71)/t43-,44-,49?,50?/m0/s1. The van der Waals surface area contributed by atoms with E-state index in [9.17, 15) is 31.7 Å². The number of sulfonamides is 2. The molecule has 4 atom stereocenters. The van der Waals surface area contributed by atoms with E-state index in [0.717, 1.165) is 46.5 Å². The highest BCUT2D eigenvalue weighted by Crippen LogP contribution is 2.40. The Bertz CT molecular complexity index is 3050. The van der Waals surface area contributed by atoms with E-state index in [0.29, 0.717) is 151 Å². The topological polar surface area (TPSA) is 230 Å². The molecule has 0 bridgehead atoms. The fourth-order valence-electron chi connectivity index (χ4n) is 10.9. The lowest BCUT2D eigenvalue weighted by Gasteiger charge is -2.33. The summed E-state index contributed by atoms with van der Waals surface area (Å²) >= 11 is 19.3. The van der Waals surface area contributed by atoms with Gasteiger partial charge in [-0.2, -0.15) is 5.26 Å². The van der Waals surface area contributed by atoms with Crippen LogP contribution in [-0.2, 0) is 42.6 Å². The first-order valence-corrected chi connectivity index (χ1v) is 31.0. The van der Waals surface area contributed by atoms with Crippen molar-refractivity contribution < 1.29 is 35.9 Å². The van der Waals surface area contributed by atoms with Crippen molar-refractivity contribution in [1.82, 2.24) is 50.3 Å². The minimum atomic E-state index is -3.81. The van der Waals surface area contributed by atoms with Crippen LogP contribution in [0, 0.1) is 11.3 Å². The minimum absolute atomic E-state index is 0.0779. The van der Waals surface area contributed by atoms with Gasteiger partial charge in [-0.15, -0.1) is 0 Å². The van der Waals surface area contributed by atoms with Crippen LogP contribution < -0.4 is 30.7 Å². The number of benzene rings is 4. The number of likely N-dealkylation sites (tertiary alicyclic amines) is 2. The van der Waals surface area contributed by atoms with Crippen molar-refractivity contribution in [3.05, 3.63) is 127 Å². The maximum absolute atomic E-state index is 13.6. The molecule has 24 heteroatoms. The van der Waals surface area contributed by atoms with E-state index < -0.39 is 20.0 Å². The number of nitriles is 1. The summed E-state index contributed by atoms with van der Waals surface area (Å²) < 4.78 is 71.6. The highest BCUT2D eigenvalue weighted by Gasteiger charge is 2.33. The number of ether oxygens (including phenoxy) is 2. The van der Waals surface area contributed by atoms with E-state index in [2.05, 4.69) is 56.4 Å². The largest absolute Gasteiger partial charge is 0.378 e. The first-order chi connectivity index (χ1) is 37.9. The van der Waals surface area contributed by atoms with Crippen LogP contribution in [0.4, 0.5) is 9.59 Å². The van der Waals surface area contributed by atoms with E-state index in [1.54, 1.807) is 48.5 Å². The molecule has 8 rings (SSSR count). The highest BCUT2D eigenvalue weighted by atomic mass is 35.5. The Morgan fingerprint density at radius 2 is 1.06 bits per heavy atom. The molecule has 428 valence electrons. The normalized spacial score (nSPS) is 20.1. The van der Waals surface area contributed by atoms with Crippen molar-refractivity contribution in [2.24, 2.45) is 0 Å². The third kappa shape index (κ3) is 17.0. The van der Waals surface area contributed by atoms with Gasteiger partial charge in [0.1, 0.15) is 0 Å². The zero-order valence-electron chi connectivity index (χ0n) is 44.7. The predicted octanol–water partition coefficient (Wildman–Crippen LogP) is 5.49. The van der Waals surface area contributed by atoms with Crippen LogP contribution in [0.5, 0.6) is 0 Å². The lowest BCUT2D eigenvalue weighted by atomic mass is 9.83. The molecule has 6 N–H and O–H groups in total. The van der Waals surface area contributed by atoms with Crippen molar-refractivity contribution in [2.75, 3.05) is 119 Å². The van der Waals surface area contributed by atoms with Crippen molar-refractivity contribution in [1.29, 1.82) is 5.26 Å². The maximum atomic E-state index is 13.6. The zero-order chi connectivity index (χ0) is 56.1. The summed E-state index contributed by atoms with van der Waals surface area (Å²) in [7, 11) is -3.58. The number of halogens is 3. The van der Waals surface area contributed by atoms with Crippen LogP contribution in [0.3, 0.4) is 0 Å². The van der Waals surface area contributed by atoms with Gasteiger partial charge in [0.05, 0.1) is 47.9 Å². The van der Waals surface area contributed by atoms with Gasteiger partial charge in [-0.1, -0.05) is 59.1 Å². The van der Waals surface area contributed by atoms with E-state index in [1.165, 1.54) is 0 Å². The number of likely N-dealkylation sites (N-methyl/N-ethyl adjacent to an activating group) is 2. The van der Waals surface area contributed by atoms with Crippen molar-refractivity contribution >= 4 is 66.9 Å². The van der Waals surface area contributed by atoms with Crippen molar-refractivity contribution in [3.8, 4) is 6.07 Å². The molecule has 2 fully saturated rings.